The summed E-state index contributed by atoms with van der Waals surface area (Å²) in [5.74, 6) is -1.92. The average molecular weight is 774 g/mol. The topological polar surface area (TPSA) is 183 Å². The van der Waals surface area contributed by atoms with Crippen molar-refractivity contribution in [1.82, 2.24) is 35.3 Å². The van der Waals surface area contributed by atoms with Crippen molar-refractivity contribution < 1.29 is 33.1 Å². The summed E-state index contributed by atoms with van der Waals surface area (Å²) in [5.41, 5.74) is 5.04. The molecule has 1 unspecified atom stereocenters. The van der Waals surface area contributed by atoms with Crippen LogP contribution in [0, 0.1) is 5.82 Å². The number of piperazine rings is 1. The number of carbonyl (C=O) groups excluding carboxylic acids is 5. The van der Waals surface area contributed by atoms with Crippen LogP contribution >= 0.6 is 0 Å². The molecule has 5 amide bonds. The van der Waals surface area contributed by atoms with Gasteiger partial charge in [0.25, 0.3) is 11.8 Å². The Bertz CT molecular complexity index is 2390. The molecule has 0 aliphatic carbocycles. The van der Waals surface area contributed by atoms with E-state index in [1.165, 1.54) is 13.2 Å². The van der Waals surface area contributed by atoms with Crippen LogP contribution < -0.4 is 20.3 Å². The third-order valence-corrected chi connectivity index (χ3v) is 10.7. The highest BCUT2D eigenvalue weighted by atomic mass is 19.1. The van der Waals surface area contributed by atoms with E-state index in [0.717, 1.165) is 35.4 Å². The third-order valence-electron chi connectivity index (χ3n) is 10.7. The summed E-state index contributed by atoms with van der Waals surface area (Å²) >= 11 is 0. The van der Waals surface area contributed by atoms with Crippen molar-refractivity contribution in [3.05, 3.63) is 83.8 Å². The zero-order chi connectivity index (χ0) is 39.6. The summed E-state index contributed by atoms with van der Waals surface area (Å²) in [7, 11) is 1.48. The molecule has 1 atom stereocenters. The number of carbonyl (C=O) groups is 5. The van der Waals surface area contributed by atoms with Crippen molar-refractivity contribution >= 4 is 51.9 Å². The highest BCUT2D eigenvalue weighted by Crippen LogP contribution is 2.34. The summed E-state index contributed by atoms with van der Waals surface area (Å²) in [4.78, 5) is 77.0. The number of unbranched alkanes of at least 4 members (excludes halogenated alkanes) is 2. The Labute approximate surface area is 326 Å². The van der Waals surface area contributed by atoms with Gasteiger partial charge in [-0.05, 0) is 61.7 Å². The van der Waals surface area contributed by atoms with Crippen molar-refractivity contribution in [1.29, 1.82) is 0 Å². The van der Waals surface area contributed by atoms with Gasteiger partial charge in [-0.1, -0.05) is 24.6 Å². The first-order valence-corrected chi connectivity index (χ1v) is 19.0. The zero-order valence-electron chi connectivity index (χ0n) is 31.2. The van der Waals surface area contributed by atoms with E-state index < -0.39 is 35.5 Å². The first-order valence-electron chi connectivity index (χ1n) is 19.0. The Morgan fingerprint density at radius 2 is 1.74 bits per heavy atom. The van der Waals surface area contributed by atoms with E-state index in [-0.39, 0.29) is 41.3 Å². The number of H-pyrrole nitrogens is 1. The van der Waals surface area contributed by atoms with Gasteiger partial charge in [0.1, 0.15) is 34.3 Å². The van der Waals surface area contributed by atoms with E-state index in [1.54, 1.807) is 36.5 Å². The largest absolute Gasteiger partial charge is 0.496 e. The lowest BCUT2D eigenvalue weighted by Gasteiger charge is -2.36. The van der Waals surface area contributed by atoms with Crippen LogP contribution in [-0.4, -0.2) is 105 Å². The molecule has 8 rings (SSSR count). The number of rotatable bonds is 12. The van der Waals surface area contributed by atoms with E-state index in [2.05, 4.69) is 35.7 Å². The van der Waals surface area contributed by atoms with Gasteiger partial charge in [0.15, 0.2) is 5.82 Å². The van der Waals surface area contributed by atoms with Crippen LogP contribution in [0.2, 0.25) is 0 Å². The molecule has 0 saturated carbocycles. The number of imide groups is 2. The summed E-state index contributed by atoms with van der Waals surface area (Å²) in [6.07, 6.45) is 4.63. The summed E-state index contributed by atoms with van der Waals surface area (Å²) < 4.78 is 20.1. The fraction of sp³-hybridized carbons (Fsp3) is 0.317. The lowest BCUT2D eigenvalue weighted by Crippen LogP contribution is -2.54. The number of aromatic amines is 1. The molecule has 5 aromatic rings. The monoisotopic (exact) mass is 773 g/mol. The van der Waals surface area contributed by atoms with Crippen LogP contribution in [0.1, 0.15) is 59.2 Å². The Hall–Kier alpha value is -6.71. The number of nitrogens with zero attached hydrogens (tertiary/aromatic N) is 6. The number of nitrogens with one attached hydrogen (secondary N) is 3. The average Bonchev–Trinajstić information content (AvgIpc) is 3.76. The molecular weight excluding hydrogens is 734 g/mol. The van der Waals surface area contributed by atoms with Crippen molar-refractivity contribution in [2.45, 2.75) is 44.6 Å². The zero-order valence-corrected chi connectivity index (χ0v) is 31.2. The normalized spacial score (nSPS) is 16.9. The second-order valence-electron chi connectivity index (χ2n) is 14.2. The maximum Gasteiger partial charge on any atom is 0.262 e. The lowest BCUT2D eigenvalue weighted by atomic mass is 10.0. The molecule has 0 spiro atoms. The number of methoxy groups -OCH3 is 1. The minimum Gasteiger partial charge on any atom is -0.496 e. The standard InChI is InChI=1S/C41H40FN9O6/c1-57-32-7-5-6-29(42)35(32)38-44-23-30-37(46-38)36(48-47-30)24-9-12-26(13-10-24)49-18-20-50(21-19-49)34(53)8-3-2-4-17-43-25-11-14-27-28(22-25)41(56)51(40(27)55)31-15-16-33(52)45-39(31)54/h5-7,9-14,22-23,31,43H,2-4,8,15-21H2,1H3,(H,47,48)(H,45,52,54). The Morgan fingerprint density at radius 1 is 0.947 bits per heavy atom. The highest BCUT2D eigenvalue weighted by molar-refractivity contribution is 6.23. The number of aromatic nitrogens is 4. The quantitative estimate of drug-likeness (QED) is 0.119. The molecule has 3 aliphatic rings. The number of halogens is 1. The molecule has 16 heteroatoms. The second kappa shape index (κ2) is 15.8. The number of hydrogen-bond acceptors (Lipinski definition) is 11. The molecule has 5 heterocycles. The van der Waals surface area contributed by atoms with Gasteiger partial charge in [0.2, 0.25) is 17.7 Å². The summed E-state index contributed by atoms with van der Waals surface area (Å²) in [6.45, 7) is 3.30. The van der Waals surface area contributed by atoms with Crippen LogP contribution in [0.4, 0.5) is 15.8 Å². The summed E-state index contributed by atoms with van der Waals surface area (Å²) in [5, 5.41) is 12.9. The van der Waals surface area contributed by atoms with E-state index in [9.17, 15) is 28.4 Å². The molecule has 3 aliphatic heterocycles. The van der Waals surface area contributed by atoms with E-state index in [4.69, 9.17) is 4.74 Å². The molecule has 3 aromatic carbocycles. The molecular formula is C41H40FN9O6. The number of ether oxygens (including phenoxy) is 1. The maximum absolute atomic E-state index is 14.8. The Balaban J connectivity index is 0.781. The first-order chi connectivity index (χ1) is 27.7. The van der Waals surface area contributed by atoms with Crippen LogP contribution in [0.3, 0.4) is 0 Å². The fourth-order valence-corrected chi connectivity index (χ4v) is 7.62. The Kier molecular flexibility index (Phi) is 10.3. The molecule has 3 N–H and O–H groups in total. The van der Waals surface area contributed by atoms with Gasteiger partial charge >= 0.3 is 0 Å². The van der Waals surface area contributed by atoms with Crippen LogP contribution in [-0.2, 0) is 14.4 Å². The molecule has 2 fully saturated rings. The molecule has 57 heavy (non-hydrogen) atoms. The predicted octanol–water partition coefficient (Wildman–Crippen LogP) is 4.56. The van der Waals surface area contributed by atoms with Crippen molar-refractivity contribution in [2.24, 2.45) is 0 Å². The number of amides is 5. The summed E-state index contributed by atoms with van der Waals surface area (Å²) in [6, 6.07) is 16.5. The molecule has 0 radical (unpaired) electrons. The SMILES string of the molecule is COc1cccc(F)c1-c1ncc2[nH]nc(-c3ccc(N4CCN(C(=O)CCCCCNc5ccc6c(c5)C(=O)N(C5CCC(=O)NC5=O)C6=O)CC4)cc3)c2n1. The number of anilines is 2. The van der Waals surface area contributed by atoms with Crippen molar-refractivity contribution in [2.75, 3.05) is 50.1 Å². The number of fused-ring (bicyclic) bond motifs is 2. The third kappa shape index (κ3) is 7.37. The molecule has 2 aromatic heterocycles. The van der Waals surface area contributed by atoms with Gasteiger partial charge in [0, 0.05) is 62.5 Å². The van der Waals surface area contributed by atoms with Crippen molar-refractivity contribution in [3.63, 3.8) is 0 Å². The van der Waals surface area contributed by atoms with Crippen molar-refractivity contribution in [3.8, 4) is 28.4 Å². The molecule has 15 nitrogen and oxygen atoms in total. The van der Waals surface area contributed by atoms with E-state index in [1.807, 2.05) is 29.2 Å². The fourth-order valence-electron chi connectivity index (χ4n) is 7.62. The first kappa shape index (κ1) is 37.2. The van der Waals surface area contributed by atoms with Crippen LogP contribution in [0.15, 0.2) is 66.9 Å². The number of benzene rings is 3. The predicted molar refractivity (Wildman–Crippen MR) is 208 cm³/mol. The minimum absolute atomic E-state index is 0.0691. The van der Waals surface area contributed by atoms with Gasteiger partial charge in [-0.3, -0.25) is 39.3 Å². The molecule has 2 saturated heterocycles. The van der Waals surface area contributed by atoms with Gasteiger partial charge < -0.3 is 19.9 Å². The highest BCUT2D eigenvalue weighted by Gasteiger charge is 2.44. The number of piperidine rings is 1. The smallest absolute Gasteiger partial charge is 0.262 e. The van der Waals surface area contributed by atoms with Crippen LogP contribution in [0.5, 0.6) is 5.75 Å². The Morgan fingerprint density at radius 3 is 2.51 bits per heavy atom. The number of hydrogen-bond donors (Lipinski definition) is 3. The van der Waals surface area contributed by atoms with E-state index >= 15 is 0 Å². The lowest BCUT2D eigenvalue weighted by molar-refractivity contribution is -0.136. The van der Waals surface area contributed by atoms with Gasteiger partial charge in [-0.15, -0.1) is 0 Å². The van der Waals surface area contributed by atoms with E-state index in [0.29, 0.717) is 67.3 Å². The minimum atomic E-state index is -1.000. The molecule has 0 bridgehead atoms. The van der Waals surface area contributed by atoms with Crippen LogP contribution in [0.25, 0.3) is 33.7 Å². The molecule has 292 valence electrons. The maximum atomic E-state index is 14.8. The van der Waals surface area contributed by atoms with Gasteiger partial charge in [0.05, 0.1) is 30.0 Å². The van der Waals surface area contributed by atoms with Gasteiger partial charge in [-0.25, -0.2) is 14.4 Å². The second-order valence-corrected chi connectivity index (χ2v) is 14.2. The van der Waals surface area contributed by atoms with Gasteiger partial charge in [-0.2, -0.15) is 5.10 Å².